The van der Waals surface area contributed by atoms with Gasteiger partial charge in [0, 0.05) is 26.1 Å². The summed E-state index contributed by atoms with van der Waals surface area (Å²) in [6.07, 6.45) is 6.84. The number of carbonyl (C=O) groups excluding carboxylic acids is 1. The maximum absolute atomic E-state index is 11.4. The van der Waals surface area contributed by atoms with Gasteiger partial charge in [-0.3, -0.25) is 4.79 Å². The molecule has 1 atom stereocenters. The summed E-state index contributed by atoms with van der Waals surface area (Å²) >= 11 is 0. The number of nitrogens with zero attached hydrogens (tertiary/aromatic N) is 1. The molecule has 1 unspecified atom stereocenters. The molecule has 0 aliphatic rings. The number of hydrogen-bond acceptors (Lipinski definition) is 2. The van der Waals surface area contributed by atoms with Crippen molar-refractivity contribution >= 4 is 5.91 Å². The number of rotatable bonds is 6. The van der Waals surface area contributed by atoms with E-state index in [1.807, 2.05) is 6.92 Å². The molecule has 0 aromatic carbocycles. The summed E-state index contributed by atoms with van der Waals surface area (Å²) in [6.45, 7) is 5.14. The smallest absolute Gasteiger partial charge is 0.236 e. The molecule has 0 saturated carbocycles. The molecule has 1 N–H and O–H groups in total. The van der Waals surface area contributed by atoms with Crippen LogP contribution in [-0.2, 0) is 4.79 Å². The molecular weight excluding hydrogens is 176 g/mol. The van der Waals surface area contributed by atoms with E-state index in [0.717, 1.165) is 13.0 Å². The highest BCUT2D eigenvalue weighted by Crippen LogP contribution is 1.95. The third-order valence-electron chi connectivity index (χ3n) is 2.30. The summed E-state index contributed by atoms with van der Waals surface area (Å²) in [5.74, 6) is 2.71. The standard InChI is InChI=1S/C11H20N2O/c1-5-8-10(6-2)12-9-11(14)13(4)7-3/h1,10,12H,6-9H2,2-4H3. The molecule has 0 saturated heterocycles. The predicted octanol–water partition coefficient (Wildman–Crippen LogP) is 0.856. The van der Waals surface area contributed by atoms with Crippen molar-refractivity contribution in [2.45, 2.75) is 32.7 Å². The third kappa shape index (κ3) is 4.88. The van der Waals surface area contributed by atoms with Crippen LogP contribution in [0.25, 0.3) is 0 Å². The van der Waals surface area contributed by atoms with Gasteiger partial charge in [0.1, 0.15) is 0 Å². The van der Waals surface area contributed by atoms with Gasteiger partial charge in [-0.15, -0.1) is 12.3 Å². The molecule has 0 fully saturated rings. The molecule has 0 aromatic heterocycles. The number of nitrogens with one attached hydrogen (secondary N) is 1. The minimum Gasteiger partial charge on any atom is -0.345 e. The van der Waals surface area contributed by atoms with Crippen LogP contribution in [0, 0.1) is 12.3 Å². The Hall–Kier alpha value is -1.01. The van der Waals surface area contributed by atoms with Crippen molar-refractivity contribution in [3.05, 3.63) is 0 Å². The van der Waals surface area contributed by atoms with Crippen LogP contribution in [-0.4, -0.2) is 37.0 Å². The van der Waals surface area contributed by atoms with Crippen LogP contribution in [0.5, 0.6) is 0 Å². The van der Waals surface area contributed by atoms with Crippen LogP contribution in [0.4, 0.5) is 0 Å². The lowest BCUT2D eigenvalue weighted by molar-refractivity contribution is -0.128. The maximum atomic E-state index is 11.4. The zero-order chi connectivity index (χ0) is 11.0. The first kappa shape index (κ1) is 13.0. The van der Waals surface area contributed by atoms with Crippen LogP contribution in [0.3, 0.4) is 0 Å². The van der Waals surface area contributed by atoms with E-state index in [9.17, 15) is 4.79 Å². The van der Waals surface area contributed by atoms with E-state index in [-0.39, 0.29) is 11.9 Å². The first-order valence-corrected chi connectivity index (χ1v) is 5.06. The van der Waals surface area contributed by atoms with Gasteiger partial charge < -0.3 is 10.2 Å². The average molecular weight is 196 g/mol. The summed E-state index contributed by atoms with van der Waals surface area (Å²) in [6, 6.07) is 0.259. The van der Waals surface area contributed by atoms with Gasteiger partial charge in [0.2, 0.25) is 5.91 Å². The third-order valence-corrected chi connectivity index (χ3v) is 2.30. The summed E-state index contributed by atoms with van der Waals surface area (Å²) < 4.78 is 0. The van der Waals surface area contributed by atoms with Gasteiger partial charge in [-0.1, -0.05) is 6.92 Å². The van der Waals surface area contributed by atoms with Gasteiger partial charge >= 0.3 is 0 Å². The zero-order valence-electron chi connectivity index (χ0n) is 9.34. The number of carbonyl (C=O) groups is 1. The second kappa shape index (κ2) is 7.40. The van der Waals surface area contributed by atoms with Gasteiger partial charge in [-0.2, -0.15) is 0 Å². The fourth-order valence-corrected chi connectivity index (χ4v) is 1.05. The number of terminal acetylenes is 1. The molecule has 1 amide bonds. The fourth-order valence-electron chi connectivity index (χ4n) is 1.05. The van der Waals surface area contributed by atoms with Crippen molar-refractivity contribution in [1.82, 2.24) is 10.2 Å². The van der Waals surface area contributed by atoms with Crippen LogP contribution in [0.15, 0.2) is 0 Å². The monoisotopic (exact) mass is 196 g/mol. The normalized spacial score (nSPS) is 11.9. The summed E-state index contributed by atoms with van der Waals surface area (Å²) in [7, 11) is 1.80. The molecule has 3 heteroatoms. The second-order valence-electron chi connectivity index (χ2n) is 3.30. The summed E-state index contributed by atoms with van der Waals surface area (Å²) in [5, 5.41) is 3.15. The average Bonchev–Trinajstić information content (AvgIpc) is 2.22. The van der Waals surface area contributed by atoms with E-state index in [0.29, 0.717) is 13.0 Å². The summed E-state index contributed by atoms with van der Waals surface area (Å²) in [4.78, 5) is 13.1. The molecule has 80 valence electrons. The minimum absolute atomic E-state index is 0.114. The number of likely N-dealkylation sites (N-methyl/N-ethyl adjacent to an activating group) is 1. The van der Waals surface area contributed by atoms with Crippen LogP contribution < -0.4 is 5.32 Å². The SMILES string of the molecule is C#CCC(CC)NCC(=O)N(C)CC. The van der Waals surface area contributed by atoms with Crippen molar-refractivity contribution in [2.75, 3.05) is 20.1 Å². The van der Waals surface area contributed by atoms with Crippen molar-refractivity contribution in [3.8, 4) is 12.3 Å². The molecule has 0 radical (unpaired) electrons. The lowest BCUT2D eigenvalue weighted by atomic mass is 10.1. The van der Waals surface area contributed by atoms with Gasteiger partial charge in [-0.25, -0.2) is 0 Å². The summed E-state index contributed by atoms with van der Waals surface area (Å²) in [5.41, 5.74) is 0. The Balaban J connectivity index is 3.80. The lowest BCUT2D eigenvalue weighted by Crippen LogP contribution is -2.39. The van der Waals surface area contributed by atoms with E-state index in [1.165, 1.54) is 0 Å². The molecule has 0 aromatic rings. The lowest BCUT2D eigenvalue weighted by Gasteiger charge is -2.18. The molecule has 0 bridgehead atoms. The molecule has 0 aliphatic carbocycles. The van der Waals surface area contributed by atoms with E-state index < -0.39 is 0 Å². The van der Waals surface area contributed by atoms with E-state index in [1.54, 1.807) is 11.9 Å². The molecule has 0 heterocycles. The molecule has 14 heavy (non-hydrogen) atoms. The first-order valence-electron chi connectivity index (χ1n) is 5.06. The van der Waals surface area contributed by atoms with Gasteiger partial charge in [0.15, 0.2) is 0 Å². The van der Waals surface area contributed by atoms with Gasteiger partial charge in [0.25, 0.3) is 0 Å². The molecule has 3 nitrogen and oxygen atoms in total. The van der Waals surface area contributed by atoms with Crippen molar-refractivity contribution in [2.24, 2.45) is 0 Å². The van der Waals surface area contributed by atoms with Crippen LogP contribution >= 0.6 is 0 Å². The van der Waals surface area contributed by atoms with Gasteiger partial charge in [-0.05, 0) is 13.3 Å². The Bertz CT molecular complexity index is 208. The highest BCUT2D eigenvalue weighted by atomic mass is 16.2. The van der Waals surface area contributed by atoms with Crippen molar-refractivity contribution < 1.29 is 4.79 Å². The maximum Gasteiger partial charge on any atom is 0.236 e. The fraction of sp³-hybridized carbons (Fsp3) is 0.727. The minimum atomic E-state index is 0.114. The first-order chi connectivity index (χ1) is 6.65. The number of amides is 1. The Morgan fingerprint density at radius 2 is 2.21 bits per heavy atom. The van der Waals surface area contributed by atoms with Crippen LogP contribution in [0.1, 0.15) is 26.7 Å². The van der Waals surface area contributed by atoms with Crippen molar-refractivity contribution in [1.29, 1.82) is 0 Å². The molecule has 0 aliphatic heterocycles. The Kier molecular flexibility index (Phi) is 6.87. The molecular formula is C11H20N2O. The predicted molar refractivity (Wildman–Crippen MR) is 58.8 cm³/mol. The van der Waals surface area contributed by atoms with Crippen LogP contribution in [0.2, 0.25) is 0 Å². The Labute approximate surface area is 86.9 Å². The molecule has 0 rings (SSSR count). The Morgan fingerprint density at radius 3 is 2.64 bits per heavy atom. The number of hydrogen-bond donors (Lipinski definition) is 1. The van der Waals surface area contributed by atoms with Gasteiger partial charge in [0.05, 0.1) is 6.54 Å². The van der Waals surface area contributed by atoms with Crippen molar-refractivity contribution in [3.63, 3.8) is 0 Å². The topological polar surface area (TPSA) is 32.3 Å². The largest absolute Gasteiger partial charge is 0.345 e. The Morgan fingerprint density at radius 1 is 1.57 bits per heavy atom. The highest BCUT2D eigenvalue weighted by molar-refractivity contribution is 5.77. The quantitative estimate of drug-likeness (QED) is 0.639. The van der Waals surface area contributed by atoms with E-state index in [2.05, 4.69) is 18.2 Å². The zero-order valence-corrected chi connectivity index (χ0v) is 9.34. The highest BCUT2D eigenvalue weighted by Gasteiger charge is 2.09. The second-order valence-corrected chi connectivity index (χ2v) is 3.30. The van der Waals surface area contributed by atoms with E-state index in [4.69, 9.17) is 6.42 Å². The van der Waals surface area contributed by atoms with E-state index >= 15 is 0 Å². The molecule has 0 spiro atoms.